The average Bonchev–Trinajstić information content (AvgIpc) is 2.86. The molecule has 0 saturated carbocycles. The van der Waals surface area contributed by atoms with Crippen LogP contribution in [0.5, 0.6) is 0 Å². The van der Waals surface area contributed by atoms with Crippen LogP contribution in [0.2, 0.25) is 0 Å². The third-order valence-electron chi connectivity index (χ3n) is 4.25. The van der Waals surface area contributed by atoms with Gasteiger partial charge in [-0.15, -0.1) is 11.3 Å². The second-order valence-corrected chi connectivity index (χ2v) is 7.85. The van der Waals surface area contributed by atoms with Gasteiger partial charge in [0.15, 0.2) is 0 Å². The van der Waals surface area contributed by atoms with Gasteiger partial charge in [0.05, 0.1) is 17.2 Å². The maximum atomic E-state index is 6.37. The summed E-state index contributed by atoms with van der Waals surface area (Å²) >= 11 is 1.72. The van der Waals surface area contributed by atoms with E-state index in [1.807, 2.05) is 0 Å². The summed E-state index contributed by atoms with van der Waals surface area (Å²) in [5, 5.41) is 3.30. The minimum Gasteiger partial charge on any atom is -0.343 e. The molecule has 1 atom stereocenters. The minimum absolute atomic E-state index is 0.172. The van der Waals surface area contributed by atoms with Gasteiger partial charge in [0, 0.05) is 22.8 Å². The molecule has 0 aromatic carbocycles. The highest BCUT2D eigenvalue weighted by molar-refractivity contribution is 7.09. The Hall–Kier alpha value is -1.13. The molecule has 0 spiro atoms. The molecule has 3 nitrogen and oxygen atoms in total. The zero-order valence-electron chi connectivity index (χ0n) is 12.7. The molecule has 108 valence electrons. The first-order valence-electron chi connectivity index (χ1n) is 7.21. The van der Waals surface area contributed by atoms with E-state index in [-0.39, 0.29) is 11.5 Å². The molecule has 1 unspecified atom stereocenters. The molecule has 0 bridgehead atoms. The lowest BCUT2D eigenvalue weighted by Crippen LogP contribution is -2.30. The topological polar surface area (TPSA) is 43.8 Å². The van der Waals surface area contributed by atoms with Crippen LogP contribution >= 0.6 is 11.3 Å². The van der Waals surface area contributed by atoms with E-state index in [0.717, 1.165) is 30.1 Å². The number of aromatic nitrogens is 2. The fourth-order valence-corrected chi connectivity index (χ4v) is 3.97. The highest BCUT2D eigenvalue weighted by Gasteiger charge is 2.33. The summed E-state index contributed by atoms with van der Waals surface area (Å²) in [7, 11) is 0. The van der Waals surface area contributed by atoms with Crippen molar-refractivity contribution in [2.75, 3.05) is 0 Å². The van der Waals surface area contributed by atoms with Crippen molar-refractivity contribution in [1.29, 1.82) is 0 Å². The normalized spacial score (nSPS) is 20.9. The van der Waals surface area contributed by atoms with E-state index in [1.165, 1.54) is 17.0 Å². The molecule has 0 aliphatic heterocycles. The summed E-state index contributed by atoms with van der Waals surface area (Å²) in [5.74, 6) is 0. The quantitative estimate of drug-likeness (QED) is 0.918. The van der Waals surface area contributed by atoms with E-state index in [4.69, 9.17) is 5.73 Å². The van der Waals surface area contributed by atoms with Crippen LogP contribution in [0.3, 0.4) is 0 Å². The van der Waals surface area contributed by atoms with Gasteiger partial charge in [-0.1, -0.05) is 13.8 Å². The molecule has 2 aromatic rings. The molecular weight excluding hydrogens is 266 g/mol. The molecule has 0 saturated heterocycles. The van der Waals surface area contributed by atoms with Gasteiger partial charge in [-0.3, -0.25) is 0 Å². The Morgan fingerprint density at radius 2 is 2.20 bits per heavy atom. The van der Waals surface area contributed by atoms with E-state index in [0.29, 0.717) is 0 Å². The summed E-state index contributed by atoms with van der Waals surface area (Å²) in [5.41, 5.74) is 11.9. The van der Waals surface area contributed by atoms with E-state index in [2.05, 4.69) is 48.7 Å². The van der Waals surface area contributed by atoms with E-state index in [1.54, 1.807) is 11.3 Å². The predicted octanol–water partition coefficient (Wildman–Crippen LogP) is 3.58. The number of aryl methyl sites for hydroxylation is 2. The monoisotopic (exact) mass is 289 g/mol. The Morgan fingerprint density at radius 1 is 1.45 bits per heavy atom. The number of thiazole rings is 1. The number of nitrogens with zero attached hydrogens (tertiary/aromatic N) is 2. The van der Waals surface area contributed by atoms with E-state index >= 15 is 0 Å². The molecule has 1 aliphatic carbocycles. The van der Waals surface area contributed by atoms with Crippen LogP contribution in [0, 0.1) is 19.3 Å². The minimum atomic E-state index is 0.172. The largest absolute Gasteiger partial charge is 0.343 e. The number of hydrogen-bond acceptors (Lipinski definition) is 3. The van der Waals surface area contributed by atoms with Crippen molar-refractivity contribution < 1.29 is 0 Å². The third kappa shape index (κ3) is 2.42. The Balaban J connectivity index is 2.00. The lowest BCUT2D eigenvalue weighted by atomic mass is 9.74. The van der Waals surface area contributed by atoms with Crippen LogP contribution in [0.15, 0.2) is 11.4 Å². The third-order valence-corrected chi connectivity index (χ3v) is 5.08. The van der Waals surface area contributed by atoms with Gasteiger partial charge in [-0.2, -0.15) is 0 Å². The molecule has 2 heterocycles. The van der Waals surface area contributed by atoms with Crippen molar-refractivity contribution in [3.63, 3.8) is 0 Å². The smallest absolute Gasteiger partial charge is 0.0898 e. The molecular formula is C16H23N3S. The first-order valence-corrected chi connectivity index (χ1v) is 8.09. The van der Waals surface area contributed by atoms with Gasteiger partial charge in [0.25, 0.3) is 0 Å². The van der Waals surface area contributed by atoms with Crippen LogP contribution < -0.4 is 5.73 Å². The standard InChI is InChI=1S/C16H23N3S/c1-10-5-13-14(17)6-16(3,4)7-15(13)19(10)8-12-9-20-11(2)18-12/h5,9,14H,6-8,17H2,1-4H3. The number of rotatable bonds is 2. The Labute approximate surface area is 124 Å². The SMILES string of the molecule is Cc1nc(Cn2c(C)cc3c2CC(C)(C)CC3N)cs1. The lowest BCUT2D eigenvalue weighted by molar-refractivity contribution is 0.275. The van der Waals surface area contributed by atoms with Gasteiger partial charge in [-0.25, -0.2) is 4.98 Å². The average molecular weight is 289 g/mol. The molecule has 1 aliphatic rings. The molecule has 4 heteroatoms. The Bertz CT molecular complexity index is 636. The van der Waals surface area contributed by atoms with Gasteiger partial charge in [0.2, 0.25) is 0 Å². The number of nitrogens with two attached hydrogens (primary N) is 1. The van der Waals surface area contributed by atoms with Crippen molar-refractivity contribution in [2.24, 2.45) is 11.1 Å². The Morgan fingerprint density at radius 3 is 2.85 bits per heavy atom. The van der Waals surface area contributed by atoms with E-state index < -0.39 is 0 Å². The van der Waals surface area contributed by atoms with Crippen molar-refractivity contribution >= 4 is 11.3 Å². The van der Waals surface area contributed by atoms with Crippen LogP contribution in [0.25, 0.3) is 0 Å². The fraction of sp³-hybridized carbons (Fsp3) is 0.562. The zero-order valence-corrected chi connectivity index (χ0v) is 13.5. The molecule has 0 amide bonds. The van der Waals surface area contributed by atoms with Gasteiger partial charge >= 0.3 is 0 Å². The van der Waals surface area contributed by atoms with Gasteiger partial charge in [0.1, 0.15) is 0 Å². The molecule has 20 heavy (non-hydrogen) atoms. The maximum Gasteiger partial charge on any atom is 0.0898 e. The lowest BCUT2D eigenvalue weighted by Gasteiger charge is -2.34. The van der Waals surface area contributed by atoms with Crippen molar-refractivity contribution in [2.45, 2.75) is 53.1 Å². The fourth-order valence-electron chi connectivity index (χ4n) is 3.37. The number of hydrogen-bond donors (Lipinski definition) is 1. The van der Waals surface area contributed by atoms with E-state index in [9.17, 15) is 0 Å². The van der Waals surface area contributed by atoms with Gasteiger partial charge in [-0.05, 0) is 43.7 Å². The molecule has 0 fully saturated rings. The van der Waals surface area contributed by atoms with Crippen LogP contribution in [0.1, 0.15) is 54.0 Å². The summed E-state index contributed by atoms with van der Waals surface area (Å²) in [6.45, 7) is 9.74. The second kappa shape index (κ2) is 4.71. The first-order chi connectivity index (χ1) is 9.35. The van der Waals surface area contributed by atoms with Crippen molar-refractivity contribution in [3.8, 4) is 0 Å². The zero-order chi connectivity index (χ0) is 14.5. The first kappa shape index (κ1) is 13.8. The van der Waals surface area contributed by atoms with Crippen molar-refractivity contribution in [1.82, 2.24) is 9.55 Å². The van der Waals surface area contributed by atoms with Crippen LogP contribution in [-0.2, 0) is 13.0 Å². The molecule has 2 aromatic heterocycles. The summed E-state index contributed by atoms with van der Waals surface area (Å²) < 4.78 is 2.41. The summed E-state index contributed by atoms with van der Waals surface area (Å²) in [4.78, 5) is 4.60. The number of fused-ring (bicyclic) bond motifs is 1. The second-order valence-electron chi connectivity index (χ2n) is 6.78. The highest BCUT2D eigenvalue weighted by Crippen LogP contribution is 2.41. The Kier molecular flexibility index (Phi) is 3.26. The van der Waals surface area contributed by atoms with Crippen molar-refractivity contribution in [3.05, 3.63) is 39.1 Å². The molecule has 0 radical (unpaired) electrons. The maximum absolute atomic E-state index is 6.37. The molecule has 3 rings (SSSR count). The molecule has 2 N–H and O–H groups in total. The predicted molar refractivity (Wildman–Crippen MR) is 84.2 cm³/mol. The van der Waals surface area contributed by atoms with Crippen LogP contribution in [0.4, 0.5) is 0 Å². The van der Waals surface area contributed by atoms with Gasteiger partial charge < -0.3 is 10.3 Å². The summed E-state index contributed by atoms with van der Waals surface area (Å²) in [6, 6.07) is 2.44. The van der Waals surface area contributed by atoms with Crippen LogP contribution in [-0.4, -0.2) is 9.55 Å². The summed E-state index contributed by atoms with van der Waals surface area (Å²) in [6.07, 6.45) is 2.17. The highest BCUT2D eigenvalue weighted by atomic mass is 32.1.